The SMILES string of the molecule is [3H]C(CCCCCCCCCCCCCCCC)C([3H])OC[C@@H](O)CO. The second-order valence-corrected chi connectivity index (χ2v) is 6.93. The van der Waals surface area contributed by atoms with Crippen LogP contribution in [0.1, 0.15) is 112 Å². The molecule has 3 heteroatoms. The number of unbranched alkanes of at least 4 members (excludes halogenated alkanes) is 13. The van der Waals surface area contributed by atoms with Crippen molar-refractivity contribution >= 4 is 0 Å². The summed E-state index contributed by atoms with van der Waals surface area (Å²) in [5.74, 6) is 0. The number of ether oxygens (including phenoxy) is 1. The summed E-state index contributed by atoms with van der Waals surface area (Å²) in [4.78, 5) is 0. The molecule has 0 saturated carbocycles. The molecule has 146 valence electrons. The lowest BCUT2D eigenvalue weighted by atomic mass is 10.0. The number of rotatable bonds is 20. The number of aliphatic hydroxyl groups is 2. The van der Waals surface area contributed by atoms with Gasteiger partial charge in [0.15, 0.2) is 0 Å². The third-order valence-corrected chi connectivity index (χ3v) is 4.42. The average Bonchev–Trinajstić information content (AvgIpc) is 2.65. The Labute approximate surface area is 154 Å². The summed E-state index contributed by atoms with van der Waals surface area (Å²) in [6.07, 6.45) is 17.5. The zero-order valence-corrected chi connectivity index (χ0v) is 16.1. The molecule has 0 saturated heterocycles. The normalized spacial score (nSPS) is 16.5. The Kier molecular flexibility index (Phi) is 17.6. The van der Waals surface area contributed by atoms with Gasteiger partial charge in [-0.3, -0.25) is 0 Å². The average molecular weight is 349 g/mol. The monoisotopic (exact) mass is 348 g/mol. The van der Waals surface area contributed by atoms with Crippen LogP contribution in [0.5, 0.6) is 0 Å². The van der Waals surface area contributed by atoms with Crippen LogP contribution in [0.2, 0.25) is 0 Å². The minimum atomic E-state index is -0.948. The highest BCUT2D eigenvalue weighted by molar-refractivity contribution is 4.51. The molecule has 3 atom stereocenters. The van der Waals surface area contributed by atoms with E-state index in [4.69, 9.17) is 12.6 Å². The van der Waals surface area contributed by atoms with Crippen LogP contribution in [0, 0.1) is 0 Å². The molecule has 24 heavy (non-hydrogen) atoms. The van der Waals surface area contributed by atoms with Gasteiger partial charge >= 0.3 is 0 Å². The van der Waals surface area contributed by atoms with Crippen LogP contribution >= 0.6 is 0 Å². The van der Waals surface area contributed by atoms with Crippen molar-refractivity contribution in [2.75, 3.05) is 19.8 Å². The highest BCUT2D eigenvalue weighted by atomic mass is 16.5. The minimum Gasteiger partial charge on any atom is -0.394 e. The zero-order chi connectivity index (χ0) is 19.5. The molecule has 0 amide bonds. The first-order valence-electron chi connectivity index (χ1n) is 11.5. The minimum absolute atomic E-state index is 0.0706. The summed E-state index contributed by atoms with van der Waals surface area (Å²) in [6, 6.07) is 0. The van der Waals surface area contributed by atoms with Crippen molar-refractivity contribution in [1.29, 1.82) is 0 Å². The van der Waals surface area contributed by atoms with Gasteiger partial charge in [0.2, 0.25) is 0 Å². The first-order valence-corrected chi connectivity index (χ1v) is 10.4. The smallest absolute Gasteiger partial charge is 0.100 e. The summed E-state index contributed by atoms with van der Waals surface area (Å²) >= 11 is 0. The van der Waals surface area contributed by atoms with Crippen LogP contribution in [-0.2, 0) is 4.74 Å². The van der Waals surface area contributed by atoms with Gasteiger partial charge in [0.1, 0.15) is 6.10 Å². The van der Waals surface area contributed by atoms with E-state index in [-0.39, 0.29) is 13.2 Å². The molecule has 0 aromatic carbocycles. The highest BCUT2D eigenvalue weighted by Gasteiger charge is 2.00. The van der Waals surface area contributed by atoms with Crippen molar-refractivity contribution < 1.29 is 17.7 Å². The maximum absolute atomic E-state index is 9.18. The first-order chi connectivity index (χ1) is 12.6. The standard InChI is InChI=1S/C21H44O3/c1-2-3-4-5-6-7-8-9-10-11-12-13-14-15-16-17-18-24-20-21(23)19-22/h21-23H,2-20H2,1H3/t21-/m0/s1/i17T,18T/t17?,18?,21-. The van der Waals surface area contributed by atoms with E-state index in [1.165, 1.54) is 77.0 Å². The molecule has 0 radical (unpaired) electrons. The molecule has 0 aliphatic rings. The third kappa shape index (κ3) is 19.9. The fraction of sp³-hybridized carbons (Fsp3) is 1.00. The molecule has 0 spiro atoms. The van der Waals surface area contributed by atoms with Gasteiger partial charge in [-0.15, -0.1) is 0 Å². The van der Waals surface area contributed by atoms with E-state index >= 15 is 0 Å². The second kappa shape index (κ2) is 20.9. The molecule has 0 aromatic heterocycles. The van der Waals surface area contributed by atoms with E-state index < -0.39 is 19.1 Å². The van der Waals surface area contributed by atoms with Gasteiger partial charge in [-0.1, -0.05) is 103 Å². The van der Waals surface area contributed by atoms with Crippen LogP contribution in [0.3, 0.4) is 0 Å². The predicted molar refractivity (Wildman–Crippen MR) is 103 cm³/mol. The van der Waals surface area contributed by atoms with Crippen molar-refractivity contribution in [2.24, 2.45) is 0 Å². The van der Waals surface area contributed by atoms with E-state index in [0.29, 0.717) is 6.42 Å². The predicted octanol–water partition coefficient (Wildman–Crippen LogP) is 5.62. The number of hydrogen-bond acceptors (Lipinski definition) is 3. The quantitative estimate of drug-likeness (QED) is 0.281. The molecule has 0 aliphatic carbocycles. The van der Waals surface area contributed by atoms with Crippen molar-refractivity contribution in [3.8, 4) is 0 Å². The van der Waals surface area contributed by atoms with E-state index in [1.807, 2.05) is 0 Å². The Balaban J connectivity index is 3.27. The lowest BCUT2D eigenvalue weighted by Crippen LogP contribution is -2.19. The molecular weight excluding hydrogens is 300 g/mol. The summed E-state index contributed by atoms with van der Waals surface area (Å²) in [7, 11) is 0. The molecule has 0 aliphatic heterocycles. The van der Waals surface area contributed by atoms with E-state index in [1.54, 1.807) is 0 Å². The van der Waals surface area contributed by atoms with Crippen LogP contribution in [0.25, 0.3) is 0 Å². The largest absolute Gasteiger partial charge is 0.394 e. The Hall–Kier alpha value is -0.120. The van der Waals surface area contributed by atoms with Crippen molar-refractivity contribution in [3.63, 3.8) is 0 Å². The van der Waals surface area contributed by atoms with Gasteiger partial charge in [0.05, 0.1) is 14.6 Å². The fourth-order valence-corrected chi connectivity index (χ4v) is 2.81. The molecule has 2 N–H and O–H groups in total. The summed E-state index contributed by atoms with van der Waals surface area (Å²) in [5, 5.41) is 17.9. The van der Waals surface area contributed by atoms with Gasteiger partial charge in [-0.2, -0.15) is 0 Å². The van der Waals surface area contributed by atoms with E-state index in [0.717, 1.165) is 12.8 Å². The Morgan fingerprint density at radius 3 is 1.58 bits per heavy atom. The van der Waals surface area contributed by atoms with Gasteiger partial charge < -0.3 is 14.9 Å². The van der Waals surface area contributed by atoms with Gasteiger partial charge in [0.25, 0.3) is 0 Å². The lowest BCUT2D eigenvalue weighted by Gasteiger charge is -2.08. The molecule has 0 fully saturated rings. The second-order valence-electron chi connectivity index (χ2n) is 6.93. The lowest BCUT2D eigenvalue weighted by molar-refractivity contribution is 0.00526. The van der Waals surface area contributed by atoms with Gasteiger partial charge in [-0.25, -0.2) is 0 Å². The first kappa shape index (κ1) is 20.2. The fourth-order valence-electron chi connectivity index (χ4n) is 2.81. The van der Waals surface area contributed by atoms with Crippen molar-refractivity contribution in [1.82, 2.24) is 0 Å². The Morgan fingerprint density at radius 2 is 1.17 bits per heavy atom. The summed E-state index contributed by atoms with van der Waals surface area (Å²) < 4.78 is 20.7. The highest BCUT2D eigenvalue weighted by Crippen LogP contribution is 2.13. The van der Waals surface area contributed by atoms with Gasteiger partial charge in [-0.05, 0) is 6.40 Å². The number of hydrogen-bond donors (Lipinski definition) is 2. The zero-order valence-electron chi connectivity index (χ0n) is 18.1. The molecule has 0 bridgehead atoms. The molecular formula is C21H44O3. The molecule has 2 unspecified atom stereocenters. The molecule has 0 rings (SSSR count). The van der Waals surface area contributed by atoms with Crippen LogP contribution in [-0.4, -0.2) is 36.1 Å². The Morgan fingerprint density at radius 1 is 0.750 bits per heavy atom. The topological polar surface area (TPSA) is 49.7 Å². The van der Waals surface area contributed by atoms with Crippen LogP contribution < -0.4 is 0 Å². The van der Waals surface area contributed by atoms with Gasteiger partial charge in [0, 0.05) is 7.95 Å². The summed E-state index contributed by atoms with van der Waals surface area (Å²) in [6.45, 7) is 0.893. The third-order valence-electron chi connectivity index (χ3n) is 4.42. The molecule has 0 aromatic rings. The summed E-state index contributed by atoms with van der Waals surface area (Å²) in [5.41, 5.74) is 0. The molecule has 3 nitrogen and oxygen atoms in total. The maximum atomic E-state index is 9.18. The van der Waals surface area contributed by atoms with Crippen molar-refractivity contribution in [2.45, 2.75) is 116 Å². The van der Waals surface area contributed by atoms with Crippen LogP contribution in [0.4, 0.5) is 0 Å². The van der Waals surface area contributed by atoms with Crippen LogP contribution in [0.15, 0.2) is 0 Å². The maximum Gasteiger partial charge on any atom is 0.100 e. The molecule has 0 heterocycles. The van der Waals surface area contributed by atoms with E-state index in [9.17, 15) is 5.11 Å². The van der Waals surface area contributed by atoms with E-state index in [2.05, 4.69) is 6.92 Å². The Bertz CT molecular complexity index is 280. The van der Waals surface area contributed by atoms with Crippen molar-refractivity contribution in [3.05, 3.63) is 0 Å². The number of aliphatic hydroxyl groups excluding tert-OH is 2.